The van der Waals surface area contributed by atoms with Crippen LogP contribution < -0.4 is 15.2 Å². The van der Waals surface area contributed by atoms with Crippen LogP contribution in [-0.4, -0.2) is 24.4 Å². The fourth-order valence-corrected chi connectivity index (χ4v) is 2.37. The maximum Gasteiger partial charge on any atom is 0.422 e. The molecular weight excluding hydrogens is 333 g/mol. The Kier molecular flexibility index (Phi) is 10.3. The number of unbranched alkanes of at least 4 members (excludes halogenated alkanes) is 7. The Morgan fingerprint density at radius 1 is 0.960 bits per heavy atom. The molecule has 0 unspecified atom stereocenters. The number of hydrogen-bond donors (Lipinski definition) is 1. The standard InChI is InChI=1S/C18H29F3N2O2/c1-2-3-4-5-6-7-8-9-12-24-17-15(13-22)10-11-16(23-17)25-14-18(19,20)21/h10-11H,2-9,12-14,22H2,1H3. The minimum atomic E-state index is -4.40. The van der Waals surface area contributed by atoms with Crippen LogP contribution in [0.15, 0.2) is 12.1 Å². The van der Waals surface area contributed by atoms with Crippen molar-refractivity contribution in [2.45, 2.75) is 71.0 Å². The summed E-state index contributed by atoms with van der Waals surface area (Å²) < 4.78 is 46.8. The monoisotopic (exact) mass is 362 g/mol. The molecule has 0 aliphatic rings. The van der Waals surface area contributed by atoms with Crippen LogP contribution in [0.3, 0.4) is 0 Å². The average molecular weight is 362 g/mol. The highest BCUT2D eigenvalue weighted by molar-refractivity contribution is 5.30. The van der Waals surface area contributed by atoms with Gasteiger partial charge in [-0.05, 0) is 12.5 Å². The van der Waals surface area contributed by atoms with Crippen LogP contribution >= 0.6 is 0 Å². The Hall–Kier alpha value is -1.50. The fraction of sp³-hybridized carbons (Fsp3) is 0.722. The summed E-state index contributed by atoms with van der Waals surface area (Å²) in [5.41, 5.74) is 6.26. The van der Waals surface area contributed by atoms with Gasteiger partial charge in [0.2, 0.25) is 11.8 Å². The summed E-state index contributed by atoms with van der Waals surface area (Å²) in [5.74, 6) is 0.144. The topological polar surface area (TPSA) is 57.4 Å². The van der Waals surface area contributed by atoms with Crippen molar-refractivity contribution in [3.05, 3.63) is 17.7 Å². The maximum absolute atomic E-state index is 12.2. The molecule has 1 aromatic rings. The van der Waals surface area contributed by atoms with Crippen molar-refractivity contribution in [3.8, 4) is 11.8 Å². The van der Waals surface area contributed by atoms with Gasteiger partial charge in [-0.3, -0.25) is 0 Å². The summed E-state index contributed by atoms with van der Waals surface area (Å²) in [7, 11) is 0. The second kappa shape index (κ2) is 12.0. The SMILES string of the molecule is CCCCCCCCCCOc1nc(OCC(F)(F)F)ccc1CN. The number of hydrogen-bond acceptors (Lipinski definition) is 4. The lowest BCUT2D eigenvalue weighted by atomic mass is 10.1. The van der Waals surface area contributed by atoms with E-state index < -0.39 is 12.8 Å². The zero-order chi connectivity index (χ0) is 18.5. The van der Waals surface area contributed by atoms with Gasteiger partial charge in [0.1, 0.15) is 0 Å². The van der Waals surface area contributed by atoms with Gasteiger partial charge in [0.25, 0.3) is 0 Å². The summed E-state index contributed by atoms with van der Waals surface area (Å²) in [6, 6.07) is 2.96. The Bertz CT molecular complexity index is 482. The molecule has 2 N–H and O–H groups in total. The van der Waals surface area contributed by atoms with Crippen LogP contribution in [0.1, 0.15) is 63.9 Å². The largest absolute Gasteiger partial charge is 0.477 e. The first-order valence-electron chi connectivity index (χ1n) is 8.98. The van der Waals surface area contributed by atoms with Crippen LogP contribution in [0.2, 0.25) is 0 Å². The van der Waals surface area contributed by atoms with Crippen molar-refractivity contribution in [2.24, 2.45) is 5.73 Å². The van der Waals surface area contributed by atoms with Gasteiger partial charge in [0.05, 0.1) is 6.61 Å². The highest BCUT2D eigenvalue weighted by Gasteiger charge is 2.28. The third-order valence-electron chi connectivity index (χ3n) is 3.75. The minimum absolute atomic E-state index is 0.111. The summed E-state index contributed by atoms with van der Waals surface area (Å²) in [6.45, 7) is 1.50. The molecule has 1 aromatic heterocycles. The van der Waals surface area contributed by atoms with Crippen LogP contribution in [-0.2, 0) is 6.54 Å². The lowest BCUT2D eigenvalue weighted by Gasteiger charge is -2.12. The van der Waals surface area contributed by atoms with E-state index in [1.54, 1.807) is 6.07 Å². The lowest BCUT2D eigenvalue weighted by molar-refractivity contribution is -0.154. The molecule has 0 aromatic carbocycles. The molecule has 0 saturated heterocycles. The van der Waals surface area contributed by atoms with Gasteiger partial charge >= 0.3 is 6.18 Å². The molecule has 25 heavy (non-hydrogen) atoms. The van der Waals surface area contributed by atoms with Crippen LogP contribution in [0.25, 0.3) is 0 Å². The number of pyridine rings is 1. The molecule has 0 atom stereocenters. The summed E-state index contributed by atoms with van der Waals surface area (Å²) in [4.78, 5) is 3.99. The summed E-state index contributed by atoms with van der Waals surface area (Å²) in [5, 5.41) is 0. The molecule has 0 spiro atoms. The number of nitrogens with zero attached hydrogens (tertiary/aromatic N) is 1. The second-order valence-electron chi connectivity index (χ2n) is 6.05. The van der Waals surface area contributed by atoms with E-state index in [0.29, 0.717) is 12.2 Å². The third kappa shape index (κ3) is 10.2. The number of ether oxygens (including phenoxy) is 2. The molecule has 0 fully saturated rings. The Morgan fingerprint density at radius 3 is 2.20 bits per heavy atom. The van der Waals surface area contributed by atoms with Crippen LogP contribution in [0.5, 0.6) is 11.8 Å². The second-order valence-corrected chi connectivity index (χ2v) is 6.05. The molecular formula is C18H29F3N2O2. The molecule has 1 heterocycles. The van der Waals surface area contributed by atoms with Gasteiger partial charge in [-0.15, -0.1) is 0 Å². The van der Waals surface area contributed by atoms with E-state index in [0.717, 1.165) is 12.8 Å². The first kappa shape index (κ1) is 21.5. The molecule has 0 radical (unpaired) electrons. The maximum atomic E-state index is 12.2. The molecule has 7 heteroatoms. The van der Waals surface area contributed by atoms with Gasteiger partial charge in [0.15, 0.2) is 6.61 Å². The van der Waals surface area contributed by atoms with Gasteiger partial charge < -0.3 is 15.2 Å². The molecule has 144 valence electrons. The predicted molar refractivity (Wildman–Crippen MR) is 91.8 cm³/mol. The number of aromatic nitrogens is 1. The van der Waals surface area contributed by atoms with Crippen molar-refractivity contribution in [1.29, 1.82) is 0 Å². The number of rotatable bonds is 13. The molecule has 0 aliphatic carbocycles. The van der Waals surface area contributed by atoms with E-state index in [1.165, 1.54) is 44.6 Å². The van der Waals surface area contributed by atoms with Gasteiger partial charge in [-0.25, -0.2) is 0 Å². The quantitative estimate of drug-likeness (QED) is 0.502. The van der Waals surface area contributed by atoms with Crippen molar-refractivity contribution >= 4 is 0 Å². The molecule has 0 amide bonds. The molecule has 0 aliphatic heterocycles. The zero-order valence-electron chi connectivity index (χ0n) is 14.9. The molecule has 0 bridgehead atoms. The zero-order valence-corrected chi connectivity index (χ0v) is 14.9. The highest BCUT2D eigenvalue weighted by Crippen LogP contribution is 2.22. The van der Waals surface area contributed by atoms with E-state index in [4.69, 9.17) is 10.5 Å². The Labute approximate surface area is 147 Å². The van der Waals surface area contributed by atoms with Gasteiger partial charge in [-0.2, -0.15) is 18.2 Å². The lowest BCUT2D eigenvalue weighted by Crippen LogP contribution is -2.20. The molecule has 4 nitrogen and oxygen atoms in total. The number of halogens is 3. The Morgan fingerprint density at radius 2 is 1.60 bits per heavy atom. The molecule has 0 saturated carbocycles. The Balaban J connectivity index is 2.33. The van der Waals surface area contributed by atoms with Crippen LogP contribution in [0, 0.1) is 0 Å². The average Bonchev–Trinajstić information content (AvgIpc) is 2.58. The number of nitrogens with two attached hydrogens (primary N) is 1. The third-order valence-corrected chi connectivity index (χ3v) is 3.75. The van der Waals surface area contributed by atoms with E-state index in [9.17, 15) is 13.2 Å². The highest BCUT2D eigenvalue weighted by atomic mass is 19.4. The minimum Gasteiger partial charge on any atom is -0.477 e. The van der Waals surface area contributed by atoms with Gasteiger partial charge in [-0.1, -0.05) is 51.9 Å². The van der Waals surface area contributed by atoms with E-state index >= 15 is 0 Å². The smallest absolute Gasteiger partial charge is 0.422 e. The van der Waals surface area contributed by atoms with Crippen LogP contribution in [0.4, 0.5) is 13.2 Å². The summed E-state index contributed by atoms with van der Waals surface area (Å²) >= 11 is 0. The predicted octanol–water partition coefficient (Wildman–Crippen LogP) is 5.00. The summed E-state index contributed by atoms with van der Waals surface area (Å²) in [6.07, 6.45) is 5.05. The first-order chi connectivity index (χ1) is 12.0. The van der Waals surface area contributed by atoms with Gasteiger partial charge in [0, 0.05) is 18.2 Å². The van der Waals surface area contributed by atoms with E-state index in [-0.39, 0.29) is 18.3 Å². The number of alkyl halides is 3. The normalized spacial score (nSPS) is 11.6. The first-order valence-corrected chi connectivity index (χ1v) is 8.98. The van der Waals surface area contributed by atoms with E-state index in [1.807, 2.05) is 0 Å². The van der Waals surface area contributed by atoms with Crippen molar-refractivity contribution in [1.82, 2.24) is 4.98 Å². The van der Waals surface area contributed by atoms with Crippen molar-refractivity contribution < 1.29 is 22.6 Å². The van der Waals surface area contributed by atoms with Crippen molar-refractivity contribution in [2.75, 3.05) is 13.2 Å². The van der Waals surface area contributed by atoms with E-state index in [2.05, 4.69) is 16.6 Å². The van der Waals surface area contributed by atoms with Crippen molar-refractivity contribution in [3.63, 3.8) is 0 Å². The molecule has 1 rings (SSSR count). The fourth-order valence-electron chi connectivity index (χ4n) is 2.37.